The predicted molar refractivity (Wildman–Crippen MR) is 98.4 cm³/mol. The first-order valence-corrected chi connectivity index (χ1v) is 8.17. The first-order valence-electron chi connectivity index (χ1n) is 8.17. The summed E-state index contributed by atoms with van der Waals surface area (Å²) in [5.74, 6) is -0.825. The lowest BCUT2D eigenvalue weighted by molar-refractivity contribution is -0.385. The van der Waals surface area contributed by atoms with Gasteiger partial charge in [0.2, 0.25) is 0 Å². The summed E-state index contributed by atoms with van der Waals surface area (Å²) in [6.07, 6.45) is 0. The molecule has 0 amide bonds. The van der Waals surface area contributed by atoms with Crippen molar-refractivity contribution >= 4 is 22.9 Å². The first-order chi connectivity index (χ1) is 13.8. The summed E-state index contributed by atoms with van der Waals surface area (Å²) in [6.45, 7) is 1.59. The highest BCUT2D eigenvalue weighted by Crippen LogP contribution is 2.49. The molecule has 2 aromatic rings. The zero-order valence-electron chi connectivity index (χ0n) is 14.8. The molecular formula is C19H10N4O6. The number of ether oxygens (including phenoxy) is 1. The number of hydrogen-bond acceptors (Lipinski definition) is 8. The molecule has 0 bridgehead atoms. The number of esters is 1. The lowest BCUT2D eigenvalue weighted by Crippen LogP contribution is -2.08. The minimum absolute atomic E-state index is 0.00190. The Bertz CT molecular complexity index is 1200. The van der Waals surface area contributed by atoms with E-state index >= 15 is 0 Å². The molecule has 0 saturated heterocycles. The molecule has 29 heavy (non-hydrogen) atoms. The number of carbonyl (C=O) groups is 1. The number of benzene rings is 2. The second-order valence-electron chi connectivity index (χ2n) is 5.85. The Hall–Kier alpha value is -4.57. The molecule has 2 aromatic carbocycles. The van der Waals surface area contributed by atoms with Gasteiger partial charge in [0.25, 0.3) is 11.4 Å². The van der Waals surface area contributed by atoms with Crippen molar-refractivity contribution in [2.45, 2.75) is 6.92 Å². The van der Waals surface area contributed by atoms with E-state index in [1.165, 1.54) is 18.2 Å². The van der Waals surface area contributed by atoms with Gasteiger partial charge in [-0.15, -0.1) is 0 Å². The van der Waals surface area contributed by atoms with E-state index in [-0.39, 0.29) is 45.7 Å². The van der Waals surface area contributed by atoms with E-state index in [0.717, 1.165) is 12.1 Å². The van der Waals surface area contributed by atoms with Gasteiger partial charge >= 0.3 is 5.97 Å². The predicted octanol–water partition coefficient (Wildman–Crippen LogP) is 3.51. The van der Waals surface area contributed by atoms with E-state index < -0.39 is 21.5 Å². The number of nitrogens with zero attached hydrogens (tertiary/aromatic N) is 4. The minimum Gasteiger partial charge on any atom is -0.462 e. The standard InChI is InChI=1S/C19H10N4O6/c1-2-29-19(24)16-7-12(23(27)28)6-15-17(10(8-20)9-21)14-5-11(22(25)26)3-4-13(14)18(15)16/h3-7H,2H2,1H3. The van der Waals surface area contributed by atoms with Crippen LogP contribution in [0, 0.1) is 42.9 Å². The van der Waals surface area contributed by atoms with Gasteiger partial charge in [-0.2, -0.15) is 10.5 Å². The molecule has 0 fully saturated rings. The largest absolute Gasteiger partial charge is 0.462 e. The van der Waals surface area contributed by atoms with Gasteiger partial charge in [0.15, 0.2) is 0 Å². The molecule has 10 nitrogen and oxygen atoms in total. The fourth-order valence-electron chi connectivity index (χ4n) is 3.21. The quantitative estimate of drug-likeness (QED) is 0.283. The minimum atomic E-state index is -0.825. The van der Waals surface area contributed by atoms with Gasteiger partial charge < -0.3 is 4.74 Å². The highest BCUT2D eigenvalue weighted by Gasteiger charge is 2.34. The van der Waals surface area contributed by atoms with Crippen LogP contribution in [0.4, 0.5) is 11.4 Å². The monoisotopic (exact) mass is 390 g/mol. The highest BCUT2D eigenvalue weighted by molar-refractivity contribution is 6.11. The van der Waals surface area contributed by atoms with Gasteiger partial charge in [-0.1, -0.05) is 0 Å². The summed E-state index contributed by atoms with van der Waals surface area (Å²) in [4.78, 5) is 33.7. The molecule has 0 saturated carbocycles. The average molecular weight is 390 g/mol. The van der Waals surface area contributed by atoms with Gasteiger partial charge in [0.05, 0.1) is 22.0 Å². The molecule has 0 aromatic heterocycles. The molecule has 3 rings (SSSR count). The number of allylic oxidation sites excluding steroid dienone is 1. The Labute approximate surface area is 163 Å². The third-order valence-corrected chi connectivity index (χ3v) is 4.32. The molecule has 10 heteroatoms. The number of carbonyl (C=O) groups excluding carboxylic acids is 1. The summed E-state index contributed by atoms with van der Waals surface area (Å²) in [7, 11) is 0. The number of nitro groups is 2. The molecule has 1 aliphatic carbocycles. The van der Waals surface area contributed by atoms with Crippen LogP contribution in [0.25, 0.3) is 16.7 Å². The normalized spacial score (nSPS) is 10.9. The van der Waals surface area contributed by atoms with Crippen LogP contribution in [-0.4, -0.2) is 22.4 Å². The SMILES string of the molecule is CCOC(=O)c1cc([N+](=O)[O-])cc2c1-c1ccc([N+](=O)[O-])cc1C2=C(C#N)C#N. The van der Waals surface area contributed by atoms with Gasteiger partial charge in [0, 0.05) is 35.4 Å². The van der Waals surface area contributed by atoms with Crippen LogP contribution in [0.15, 0.2) is 35.9 Å². The maximum atomic E-state index is 12.5. The second kappa shape index (κ2) is 7.21. The fraction of sp³-hybridized carbons (Fsp3) is 0.105. The van der Waals surface area contributed by atoms with Crippen LogP contribution < -0.4 is 0 Å². The number of nitro benzene ring substituents is 2. The number of fused-ring (bicyclic) bond motifs is 3. The number of nitriles is 2. The molecule has 0 aliphatic heterocycles. The lowest BCUT2D eigenvalue weighted by Gasteiger charge is -2.09. The number of rotatable bonds is 4. The molecule has 0 atom stereocenters. The average Bonchev–Trinajstić information content (AvgIpc) is 3.02. The summed E-state index contributed by atoms with van der Waals surface area (Å²) in [5.41, 5.74) is -0.443. The van der Waals surface area contributed by atoms with Gasteiger partial charge in [0.1, 0.15) is 17.7 Å². The van der Waals surface area contributed by atoms with Crippen LogP contribution in [0.5, 0.6) is 0 Å². The van der Waals surface area contributed by atoms with Crippen molar-refractivity contribution in [3.05, 3.63) is 72.8 Å². The van der Waals surface area contributed by atoms with Crippen molar-refractivity contribution in [3.63, 3.8) is 0 Å². The molecule has 0 spiro atoms. The fourth-order valence-corrected chi connectivity index (χ4v) is 3.21. The molecule has 0 N–H and O–H groups in total. The van der Waals surface area contributed by atoms with E-state index in [1.54, 1.807) is 19.1 Å². The molecule has 0 unspecified atom stereocenters. The highest BCUT2D eigenvalue weighted by atomic mass is 16.6. The number of hydrogen-bond donors (Lipinski definition) is 0. The Morgan fingerprint density at radius 3 is 2.17 bits per heavy atom. The Balaban J connectivity index is 2.49. The van der Waals surface area contributed by atoms with E-state index in [9.17, 15) is 35.5 Å². The van der Waals surface area contributed by atoms with Gasteiger partial charge in [-0.3, -0.25) is 20.2 Å². The Morgan fingerprint density at radius 2 is 1.62 bits per heavy atom. The summed E-state index contributed by atoms with van der Waals surface area (Å²) in [6, 6.07) is 9.35. The van der Waals surface area contributed by atoms with Gasteiger partial charge in [-0.25, -0.2) is 4.79 Å². The van der Waals surface area contributed by atoms with Crippen LogP contribution >= 0.6 is 0 Å². The van der Waals surface area contributed by atoms with E-state index in [2.05, 4.69) is 0 Å². The Morgan fingerprint density at radius 1 is 1.00 bits per heavy atom. The third-order valence-electron chi connectivity index (χ3n) is 4.32. The molecular weight excluding hydrogens is 380 g/mol. The zero-order valence-corrected chi connectivity index (χ0v) is 14.8. The topological polar surface area (TPSA) is 160 Å². The van der Waals surface area contributed by atoms with Crippen LogP contribution in [0.3, 0.4) is 0 Å². The van der Waals surface area contributed by atoms with Crippen molar-refractivity contribution in [3.8, 4) is 23.3 Å². The molecule has 142 valence electrons. The zero-order chi connectivity index (χ0) is 21.3. The smallest absolute Gasteiger partial charge is 0.339 e. The van der Waals surface area contributed by atoms with Crippen molar-refractivity contribution in [1.82, 2.24) is 0 Å². The van der Waals surface area contributed by atoms with E-state index in [1.807, 2.05) is 0 Å². The summed E-state index contributed by atoms with van der Waals surface area (Å²) < 4.78 is 5.00. The third kappa shape index (κ3) is 3.05. The maximum Gasteiger partial charge on any atom is 0.339 e. The van der Waals surface area contributed by atoms with Crippen molar-refractivity contribution in [2.24, 2.45) is 0 Å². The molecule has 0 radical (unpaired) electrons. The maximum absolute atomic E-state index is 12.5. The summed E-state index contributed by atoms with van der Waals surface area (Å²) >= 11 is 0. The first kappa shape index (κ1) is 19.2. The van der Waals surface area contributed by atoms with Crippen LogP contribution in [0.2, 0.25) is 0 Å². The molecule has 0 heterocycles. The van der Waals surface area contributed by atoms with Gasteiger partial charge in [-0.05, 0) is 29.7 Å². The van der Waals surface area contributed by atoms with Crippen molar-refractivity contribution in [2.75, 3.05) is 6.61 Å². The number of non-ortho nitro benzene ring substituents is 2. The summed E-state index contributed by atoms with van der Waals surface area (Å²) in [5, 5.41) is 41.3. The second-order valence-corrected chi connectivity index (χ2v) is 5.85. The van der Waals surface area contributed by atoms with E-state index in [0.29, 0.717) is 5.56 Å². The molecule has 1 aliphatic rings. The Kier molecular flexibility index (Phi) is 4.77. The van der Waals surface area contributed by atoms with Crippen LogP contribution in [-0.2, 0) is 4.74 Å². The lowest BCUT2D eigenvalue weighted by atomic mass is 9.96. The van der Waals surface area contributed by atoms with Crippen molar-refractivity contribution in [1.29, 1.82) is 10.5 Å². The van der Waals surface area contributed by atoms with Crippen molar-refractivity contribution < 1.29 is 19.4 Å². The van der Waals surface area contributed by atoms with Crippen LogP contribution in [0.1, 0.15) is 28.4 Å². The van der Waals surface area contributed by atoms with E-state index in [4.69, 9.17) is 4.74 Å².